The highest BCUT2D eigenvalue weighted by Crippen LogP contribution is 2.35. The summed E-state index contributed by atoms with van der Waals surface area (Å²) in [6, 6.07) is 21.3. The normalized spacial score (nSPS) is 17.4. The van der Waals surface area contributed by atoms with Crippen molar-refractivity contribution in [2.24, 2.45) is 4.99 Å². The molecule has 0 aromatic heterocycles. The largest absolute Gasteiger partial charge is 0.462 e. The number of amidine groups is 1. The molecule has 2 heterocycles. The zero-order valence-electron chi connectivity index (χ0n) is 20.6. The van der Waals surface area contributed by atoms with E-state index >= 15 is 0 Å². The molecule has 1 N–H and O–H groups in total. The summed E-state index contributed by atoms with van der Waals surface area (Å²) in [5, 5.41) is 2.59. The molecule has 0 radical (unpaired) electrons. The van der Waals surface area contributed by atoms with Crippen LogP contribution in [0.5, 0.6) is 11.5 Å². The van der Waals surface area contributed by atoms with Crippen LogP contribution >= 0.6 is 11.8 Å². The summed E-state index contributed by atoms with van der Waals surface area (Å²) in [6.45, 7) is 2.46. The number of ether oxygens (including phenoxy) is 3. The van der Waals surface area contributed by atoms with Gasteiger partial charge in [-0.1, -0.05) is 36.0 Å². The molecule has 1 fully saturated rings. The Morgan fingerprint density at radius 1 is 1.05 bits per heavy atom. The number of aliphatic imine (C=N–C) groups is 1. The Labute approximate surface area is 223 Å². The van der Waals surface area contributed by atoms with E-state index in [4.69, 9.17) is 19.2 Å². The van der Waals surface area contributed by atoms with E-state index in [0.29, 0.717) is 33.6 Å². The molecule has 38 heavy (non-hydrogen) atoms. The number of carbonyl (C=O) groups excluding carboxylic acids is 3. The van der Waals surface area contributed by atoms with Gasteiger partial charge in [-0.05, 0) is 61.0 Å². The van der Waals surface area contributed by atoms with E-state index < -0.39 is 11.2 Å². The predicted molar refractivity (Wildman–Crippen MR) is 144 cm³/mol. The fraction of sp³-hybridized carbons (Fsp3) is 0.214. The molecule has 1 atom stereocenters. The lowest BCUT2D eigenvalue weighted by molar-refractivity contribution is -0.129. The summed E-state index contributed by atoms with van der Waals surface area (Å²) >= 11 is 1.24. The summed E-state index contributed by atoms with van der Waals surface area (Å²) in [6.07, 6.45) is 0.00969. The quantitative estimate of drug-likeness (QED) is 0.439. The summed E-state index contributed by atoms with van der Waals surface area (Å²) in [4.78, 5) is 44.6. The van der Waals surface area contributed by atoms with Gasteiger partial charge < -0.3 is 19.5 Å². The molecule has 2 aliphatic heterocycles. The third kappa shape index (κ3) is 5.81. The zero-order chi connectivity index (χ0) is 26.5. The minimum atomic E-state index is -0.678. The maximum Gasteiger partial charge on any atom is 0.338 e. The Bertz CT molecular complexity index is 1380. The third-order valence-electron chi connectivity index (χ3n) is 5.85. The molecule has 1 saturated heterocycles. The first-order valence-electron chi connectivity index (χ1n) is 12.1. The maximum atomic E-state index is 13.3. The molecule has 0 spiro atoms. The van der Waals surface area contributed by atoms with Gasteiger partial charge in [-0.2, -0.15) is 0 Å². The number of thioether (sulfide) groups is 1. The molecule has 0 saturated carbocycles. The number of benzene rings is 3. The number of hydrogen-bond acceptors (Lipinski definition) is 8. The van der Waals surface area contributed by atoms with E-state index in [0.717, 1.165) is 5.56 Å². The van der Waals surface area contributed by atoms with Crippen molar-refractivity contribution in [1.29, 1.82) is 0 Å². The second-order valence-corrected chi connectivity index (χ2v) is 9.66. The SMILES string of the molecule is CCOC(=O)c1ccc(NC(=O)C2CC(=O)N(Cc3ccc4c(c3)OCO4)C(=Nc3ccccc3)S2)cc1. The molecule has 194 valence electrons. The molecular formula is C28H25N3O6S. The smallest absolute Gasteiger partial charge is 0.338 e. The van der Waals surface area contributed by atoms with Crippen LogP contribution in [0.3, 0.4) is 0 Å². The Kier molecular flexibility index (Phi) is 7.60. The Morgan fingerprint density at radius 2 is 1.82 bits per heavy atom. The van der Waals surface area contributed by atoms with Crippen molar-refractivity contribution in [3.8, 4) is 11.5 Å². The van der Waals surface area contributed by atoms with E-state index in [1.54, 1.807) is 36.1 Å². The number of rotatable bonds is 7. The number of nitrogens with zero attached hydrogens (tertiary/aromatic N) is 2. The van der Waals surface area contributed by atoms with Crippen LogP contribution in [-0.4, -0.2) is 46.5 Å². The number of esters is 1. The molecule has 10 heteroatoms. The first-order valence-corrected chi connectivity index (χ1v) is 13.0. The van der Waals surface area contributed by atoms with Gasteiger partial charge in [0.1, 0.15) is 5.25 Å². The molecule has 0 aliphatic carbocycles. The third-order valence-corrected chi connectivity index (χ3v) is 7.04. The van der Waals surface area contributed by atoms with E-state index in [-0.39, 0.29) is 38.2 Å². The van der Waals surface area contributed by atoms with Gasteiger partial charge in [0.2, 0.25) is 18.6 Å². The number of fused-ring (bicyclic) bond motifs is 1. The average Bonchev–Trinajstić information content (AvgIpc) is 3.39. The molecule has 1 unspecified atom stereocenters. The van der Waals surface area contributed by atoms with Crippen LogP contribution < -0.4 is 14.8 Å². The minimum absolute atomic E-state index is 0.00969. The Morgan fingerprint density at radius 3 is 2.58 bits per heavy atom. The number of amides is 2. The molecular weight excluding hydrogens is 506 g/mol. The van der Waals surface area contributed by atoms with Gasteiger partial charge in [0.15, 0.2) is 16.7 Å². The summed E-state index contributed by atoms with van der Waals surface area (Å²) in [5.74, 6) is 0.332. The second kappa shape index (κ2) is 11.4. The van der Waals surface area contributed by atoms with Gasteiger partial charge in [-0.15, -0.1) is 0 Å². The van der Waals surface area contributed by atoms with Crippen LogP contribution in [0.4, 0.5) is 11.4 Å². The monoisotopic (exact) mass is 531 g/mol. The summed E-state index contributed by atoms with van der Waals surface area (Å²) in [7, 11) is 0. The van der Waals surface area contributed by atoms with Gasteiger partial charge in [0.25, 0.3) is 0 Å². The highest BCUT2D eigenvalue weighted by atomic mass is 32.2. The van der Waals surface area contributed by atoms with E-state index in [9.17, 15) is 14.4 Å². The lowest BCUT2D eigenvalue weighted by atomic mass is 10.1. The average molecular weight is 532 g/mol. The molecule has 2 aliphatic rings. The molecule has 3 aromatic carbocycles. The first-order chi connectivity index (χ1) is 18.5. The van der Waals surface area contributed by atoms with Crippen LogP contribution in [-0.2, 0) is 20.9 Å². The number of nitrogens with one attached hydrogen (secondary N) is 1. The van der Waals surface area contributed by atoms with Crippen LogP contribution in [0.25, 0.3) is 0 Å². The molecule has 3 aromatic rings. The van der Waals surface area contributed by atoms with Crippen molar-refractivity contribution >= 4 is 46.1 Å². The number of hydrogen-bond donors (Lipinski definition) is 1. The van der Waals surface area contributed by atoms with Gasteiger partial charge in [0, 0.05) is 12.1 Å². The molecule has 9 nitrogen and oxygen atoms in total. The van der Waals surface area contributed by atoms with Crippen LogP contribution in [0.15, 0.2) is 77.8 Å². The highest BCUT2D eigenvalue weighted by molar-refractivity contribution is 8.15. The van der Waals surface area contributed by atoms with Gasteiger partial charge in [0.05, 0.1) is 24.4 Å². The number of para-hydroxylation sites is 1. The van der Waals surface area contributed by atoms with Crippen LogP contribution in [0.2, 0.25) is 0 Å². The van der Waals surface area contributed by atoms with E-state index in [2.05, 4.69) is 5.32 Å². The number of carbonyl (C=O) groups is 3. The maximum absolute atomic E-state index is 13.3. The van der Waals surface area contributed by atoms with Crippen LogP contribution in [0.1, 0.15) is 29.3 Å². The van der Waals surface area contributed by atoms with Gasteiger partial charge in [-0.25, -0.2) is 9.79 Å². The minimum Gasteiger partial charge on any atom is -0.462 e. The van der Waals surface area contributed by atoms with Crippen molar-refractivity contribution in [3.63, 3.8) is 0 Å². The second-order valence-electron chi connectivity index (χ2n) is 8.50. The lowest BCUT2D eigenvalue weighted by Crippen LogP contribution is -2.44. The van der Waals surface area contributed by atoms with Crippen molar-refractivity contribution in [2.75, 3.05) is 18.7 Å². The molecule has 2 amide bonds. The van der Waals surface area contributed by atoms with E-state index in [1.807, 2.05) is 48.5 Å². The first kappa shape index (κ1) is 25.3. The van der Waals surface area contributed by atoms with Crippen LogP contribution in [0, 0.1) is 0 Å². The molecule has 0 bridgehead atoms. The highest BCUT2D eigenvalue weighted by Gasteiger charge is 2.36. The summed E-state index contributed by atoms with van der Waals surface area (Å²) in [5.41, 5.74) is 2.44. The van der Waals surface area contributed by atoms with Gasteiger partial charge >= 0.3 is 5.97 Å². The lowest BCUT2D eigenvalue weighted by Gasteiger charge is -2.32. The summed E-state index contributed by atoms with van der Waals surface area (Å²) < 4.78 is 15.9. The predicted octanol–water partition coefficient (Wildman–Crippen LogP) is 4.75. The Hall–Kier alpha value is -4.31. The van der Waals surface area contributed by atoms with E-state index in [1.165, 1.54) is 11.8 Å². The fourth-order valence-electron chi connectivity index (χ4n) is 3.96. The Balaban J connectivity index is 1.34. The molecule has 5 rings (SSSR count). The van der Waals surface area contributed by atoms with Crippen molar-refractivity contribution in [1.82, 2.24) is 4.90 Å². The van der Waals surface area contributed by atoms with Gasteiger partial charge in [-0.3, -0.25) is 14.5 Å². The van der Waals surface area contributed by atoms with Crippen molar-refractivity contribution in [2.45, 2.75) is 25.1 Å². The van der Waals surface area contributed by atoms with Crippen molar-refractivity contribution < 1.29 is 28.6 Å². The standard InChI is InChI=1S/C28H25N3O6S/c1-2-35-27(34)19-9-11-21(12-10-19)29-26(33)24-15-25(32)31(28(38-24)30-20-6-4-3-5-7-20)16-18-8-13-22-23(14-18)37-17-36-22/h3-14,24H,2,15-17H2,1H3,(H,29,33). The fourth-order valence-corrected chi connectivity index (χ4v) is 5.06. The van der Waals surface area contributed by atoms with Crippen molar-refractivity contribution in [3.05, 3.63) is 83.9 Å². The number of anilines is 1. The topological polar surface area (TPSA) is 107 Å². The zero-order valence-corrected chi connectivity index (χ0v) is 21.4.